The minimum atomic E-state index is -0.557. The van der Waals surface area contributed by atoms with Crippen LogP contribution in [-0.2, 0) is 0 Å². The van der Waals surface area contributed by atoms with Gasteiger partial charge in [0.1, 0.15) is 6.17 Å². The van der Waals surface area contributed by atoms with Gasteiger partial charge in [0.25, 0.3) is 0 Å². The van der Waals surface area contributed by atoms with Gasteiger partial charge in [-0.05, 0) is 33.2 Å². The van der Waals surface area contributed by atoms with E-state index in [0.29, 0.717) is 19.1 Å². The molecule has 2 aliphatic heterocycles. The Balaban J connectivity index is 1.86. The van der Waals surface area contributed by atoms with E-state index in [1.54, 1.807) is 0 Å². The molecule has 1 N–H and O–H groups in total. The number of alkyl halides is 1. The molecule has 0 bridgehead atoms. The van der Waals surface area contributed by atoms with E-state index < -0.39 is 6.17 Å². The Morgan fingerprint density at radius 1 is 1.38 bits per heavy atom. The molecule has 76 valence electrons. The third-order valence-corrected chi connectivity index (χ3v) is 3.21. The van der Waals surface area contributed by atoms with E-state index in [9.17, 15) is 4.39 Å². The van der Waals surface area contributed by atoms with Gasteiger partial charge in [0.15, 0.2) is 0 Å². The molecule has 2 rings (SSSR count). The van der Waals surface area contributed by atoms with Crippen molar-refractivity contribution in [1.29, 1.82) is 0 Å². The van der Waals surface area contributed by atoms with Crippen molar-refractivity contribution < 1.29 is 4.39 Å². The van der Waals surface area contributed by atoms with Crippen molar-refractivity contribution in [2.75, 3.05) is 19.6 Å². The Bertz CT molecular complexity index is 187. The first-order valence-electron chi connectivity index (χ1n) is 5.20. The van der Waals surface area contributed by atoms with Crippen LogP contribution in [0.15, 0.2) is 0 Å². The van der Waals surface area contributed by atoms with Gasteiger partial charge in [-0.15, -0.1) is 0 Å². The molecule has 0 radical (unpaired) electrons. The van der Waals surface area contributed by atoms with Gasteiger partial charge in [0.2, 0.25) is 0 Å². The lowest BCUT2D eigenvalue weighted by Crippen LogP contribution is -2.59. The van der Waals surface area contributed by atoms with Gasteiger partial charge in [-0.1, -0.05) is 0 Å². The SMILES string of the molecule is CC1(C)CC(N2CC(F)C2)CCN1. The molecule has 0 spiro atoms. The van der Waals surface area contributed by atoms with Gasteiger partial charge in [-0.25, -0.2) is 4.39 Å². The molecule has 2 saturated heterocycles. The highest BCUT2D eigenvalue weighted by Gasteiger charge is 2.37. The van der Waals surface area contributed by atoms with Gasteiger partial charge >= 0.3 is 0 Å². The van der Waals surface area contributed by atoms with E-state index in [1.807, 2.05) is 0 Å². The number of rotatable bonds is 1. The largest absolute Gasteiger partial charge is 0.312 e. The second-order valence-electron chi connectivity index (χ2n) is 5.01. The van der Waals surface area contributed by atoms with Gasteiger partial charge in [-0.3, -0.25) is 4.90 Å². The molecule has 1 unspecified atom stereocenters. The molecule has 0 saturated carbocycles. The topological polar surface area (TPSA) is 15.3 Å². The number of hydrogen-bond donors (Lipinski definition) is 1. The van der Waals surface area contributed by atoms with E-state index >= 15 is 0 Å². The quantitative estimate of drug-likeness (QED) is 0.661. The predicted octanol–water partition coefficient (Wildman–Crippen LogP) is 1.17. The number of nitrogens with zero attached hydrogens (tertiary/aromatic N) is 1. The van der Waals surface area contributed by atoms with Crippen molar-refractivity contribution >= 4 is 0 Å². The molecular weight excluding hydrogens is 167 g/mol. The van der Waals surface area contributed by atoms with Crippen LogP contribution in [0.25, 0.3) is 0 Å². The first-order valence-corrected chi connectivity index (χ1v) is 5.20. The van der Waals surface area contributed by atoms with Crippen LogP contribution in [-0.4, -0.2) is 42.3 Å². The van der Waals surface area contributed by atoms with Crippen molar-refractivity contribution in [1.82, 2.24) is 10.2 Å². The highest BCUT2D eigenvalue weighted by atomic mass is 19.1. The van der Waals surface area contributed by atoms with Crippen LogP contribution in [0.2, 0.25) is 0 Å². The van der Waals surface area contributed by atoms with E-state index in [0.717, 1.165) is 13.0 Å². The Kier molecular flexibility index (Phi) is 2.32. The second kappa shape index (κ2) is 3.21. The molecule has 2 aliphatic rings. The average molecular weight is 186 g/mol. The van der Waals surface area contributed by atoms with Crippen LogP contribution >= 0.6 is 0 Å². The zero-order valence-corrected chi connectivity index (χ0v) is 8.52. The summed E-state index contributed by atoms with van der Waals surface area (Å²) in [5.41, 5.74) is 0.240. The Morgan fingerprint density at radius 3 is 2.62 bits per heavy atom. The molecule has 0 aliphatic carbocycles. The number of hydrogen-bond acceptors (Lipinski definition) is 2. The van der Waals surface area contributed by atoms with Crippen LogP contribution < -0.4 is 5.32 Å². The molecule has 1 atom stereocenters. The molecule has 0 aromatic rings. The third kappa shape index (κ3) is 2.02. The maximum Gasteiger partial charge on any atom is 0.125 e. The fraction of sp³-hybridized carbons (Fsp3) is 1.00. The number of piperidine rings is 1. The fourth-order valence-electron chi connectivity index (χ4n) is 2.41. The summed E-state index contributed by atoms with van der Waals surface area (Å²) in [4.78, 5) is 2.28. The summed E-state index contributed by atoms with van der Waals surface area (Å²) >= 11 is 0. The number of likely N-dealkylation sites (tertiary alicyclic amines) is 1. The summed E-state index contributed by atoms with van der Waals surface area (Å²) < 4.78 is 12.7. The molecule has 13 heavy (non-hydrogen) atoms. The lowest BCUT2D eigenvalue weighted by atomic mass is 9.87. The van der Waals surface area contributed by atoms with Crippen LogP contribution in [0.3, 0.4) is 0 Å². The van der Waals surface area contributed by atoms with E-state index in [4.69, 9.17) is 0 Å². The summed E-state index contributed by atoms with van der Waals surface area (Å²) in [6, 6.07) is 0.614. The lowest BCUT2D eigenvalue weighted by Gasteiger charge is -2.46. The first-order chi connectivity index (χ1) is 6.07. The Hall–Kier alpha value is -0.150. The Morgan fingerprint density at radius 2 is 2.08 bits per heavy atom. The van der Waals surface area contributed by atoms with E-state index in [2.05, 4.69) is 24.1 Å². The average Bonchev–Trinajstić information content (AvgIpc) is 1.97. The molecule has 2 fully saturated rings. The standard InChI is InChI=1S/C10H19FN2/c1-10(2)5-9(3-4-12-10)13-6-8(11)7-13/h8-9,12H,3-7H2,1-2H3. The van der Waals surface area contributed by atoms with Crippen molar-refractivity contribution in [3.63, 3.8) is 0 Å². The summed E-state index contributed by atoms with van der Waals surface area (Å²) in [7, 11) is 0. The maximum atomic E-state index is 12.7. The van der Waals surface area contributed by atoms with Crippen LogP contribution in [0.5, 0.6) is 0 Å². The normalized spacial score (nSPS) is 35.8. The van der Waals surface area contributed by atoms with Gasteiger partial charge in [-0.2, -0.15) is 0 Å². The zero-order valence-electron chi connectivity index (χ0n) is 8.52. The van der Waals surface area contributed by atoms with Gasteiger partial charge < -0.3 is 5.32 Å². The minimum absolute atomic E-state index is 0.240. The summed E-state index contributed by atoms with van der Waals surface area (Å²) in [5.74, 6) is 0. The monoisotopic (exact) mass is 186 g/mol. The molecular formula is C10H19FN2. The van der Waals surface area contributed by atoms with Crippen molar-refractivity contribution in [3.05, 3.63) is 0 Å². The van der Waals surface area contributed by atoms with Crippen LogP contribution in [0, 0.1) is 0 Å². The zero-order chi connectivity index (χ0) is 9.47. The van der Waals surface area contributed by atoms with E-state index in [1.165, 1.54) is 6.42 Å². The summed E-state index contributed by atoms with van der Waals surface area (Å²) in [5, 5.41) is 3.48. The fourth-order valence-corrected chi connectivity index (χ4v) is 2.41. The first kappa shape index (κ1) is 9.41. The van der Waals surface area contributed by atoms with E-state index in [-0.39, 0.29) is 5.54 Å². The molecule has 3 heteroatoms. The van der Waals surface area contributed by atoms with Crippen LogP contribution in [0.4, 0.5) is 4.39 Å². The van der Waals surface area contributed by atoms with Crippen molar-refractivity contribution in [3.8, 4) is 0 Å². The molecule has 0 aromatic carbocycles. The maximum absolute atomic E-state index is 12.7. The molecule has 2 nitrogen and oxygen atoms in total. The minimum Gasteiger partial charge on any atom is -0.312 e. The van der Waals surface area contributed by atoms with Gasteiger partial charge in [0, 0.05) is 24.7 Å². The molecule has 2 heterocycles. The summed E-state index contributed by atoms with van der Waals surface area (Å²) in [6.45, 7) is 6.87. The second-order valence-corrected chi connectivity index (χ2v) is 5.01. The smallest absolute Gasteiger partial charge is 0.125 e. The molecule has 0 aromatic heterocycles. The highest BCUT2D eigenvalue weighted by molar-refractivity contribution is 4.94. The van der Waals surface area contributed by atoms with Gasteiger partial charge in [0.05, 0.1) is 0 Å². The molecule has 0 amide bonds. The summed E-state index contributed by atoms with van der Waals surface area (Å²) in [6.07, 6.45) is 1.77. The van der Waals surface area contributed by atoms with Crippen molar-refractivity contribution in [2.24, 2.45) is 0 Å². The number of halogens is 1. The lowest BCUT2D eigenvalue weighted by molar-refractivity contribution is 0.00274. The third-order valence-electron chi connectivity index (χ3n) is 3.21. The van der Waals surface area contributed by atoms with Crippen LogP contribution in [0.1, 0.15) is 26.7 Å². The number of nitrogens with one attached hydrogen (secondary N) is 1. The highest BCUT2D eigenvalue weighted by Crippen LogP contribution is 2.26. The Labute approximate surface area is 79.5 Å². The van der Waals surface area contributed by atoms with Crippen molar-refractivity contribution in [2.45, 2.75) is 44.4 Å². The predicted molar refractivity (Wildman–Crippen MR) is 51.6 cm³/mol.